The lowest BCUT2D eigenvalue weighted by molar-refractivity contribution is -0.116. The van der Waals surface area contributed by atoms with Crippen LogP contribution in [0.15, 0.2) is 22.8 Å². The first-order chi connectivity index (χ1) is 19.3. The maximum absolute atomic E-state index is 12.2. The molecule has 4 atom stereocenters. The van der Waals surface area contributed by atoms with Crippen molar-refractivity contribution in [2.75, 3.05) is 0 Å². The molecule has 4 unspecified atom stereocenters. The van der Waals surface area contributed by atoms with E-state index in [1.54, 1.807) is 5.57 Å². The Kier molecular flexibility index (Phi) is 19.5. The summed E-state index contributed by atoms with van der Waals surface area (Å²) in [7, 11) is 0. The van der Waals surface area contributed by atoms with Gasteiger partial charge in [0.15, 0.2) is 5.78 Å². The lowest BCUT2D eigenvalue weighted by atomic mass is 9.70. The first kappa shape index (κ1) is 38.2. The Labute approximate surface area is 259 Å². The lowest BCUT2D eigenvalue weighted by Crippen LogP contribution is -2.25. The van der Waals surface area contributed by atoms with Crippen molar-refractivity contribution in [1.29, 1.82) is 0 Å². The Balaban J connectivity index is 2.06. The summed E-state index contributed by atoms with van der Waals surface area (Å²) in [6.07, 6.45) is 27.3. The van der Waals surface area contributed by atoms with Crippen molar-refractivity contribution in [3.05, 3.63) is 22.8 Å². The summed E-state index contributed by atoms with van der Waals surface area (Å²) < 4.78 is 0. The molecule has 240 valence electrons. The third kappa shape index (κ3) is 17.8. The van der Waals surface area contributed by atoms with Crippen molar-refractivity contribution < 1.29 is 4.79 Å². The fourth-order valence-electron chi connectivity index (χ4n) is 7.04. The van der Waals surface area contributed by atoms with Crippen LogP contribution in [0, 0.1) is 35.0 Å². The van der Waals surface area contributed by atoms with Crippen LogP contribution >= 0.6 is 0 Å². The standard InChI is InChI=1S/C40H74O/c1-31(2)17-13-20-34(5)23-15-25-35(6)24-14-21-32(3)18-11-12-19-33(4)22-16-26-36(7)27-28-38-37(8)39(41)29-30-40(38,9)10/h20,31-33,35-36H,11-19,21-30H2,1-10H3/b34-20-. The zero-order chi connectivity index (χ0) is 30.8. The number of carbonyl (C=O) groups is 1. The highest BCUT2D eigenvalue weighted by Crippen LogP contribution is 2.41. The molecule has 41 heavy (non-hydrogen) atoms. The van der Waals surface area contributed by atoms with E-state index in [4.69, 9.17) is 0 Å². The van der Waals surface area contributed by atoms with Gasteiger partial charge in [0.2, 0.25) is 0 Å². The Morgan fingerprint density at radius 1 is 0.707 bits per heavy atom. The molecule has 0 radical (unpaired) electrons. The molecule has 0 saturated heterocycles. The number of unbranched alkanes of at least 4 members (excludes halogenated alkanes) is 1. The zero-order valence-corrected chi connectivity index (χ0v) is 29.8. The van der Waals surface area contributed by atoms with Gasteiger partial charge in [-0.1, -0.05) is 143 Å². The molecule has 0 N–H and O–H groups in total. The molecule has 0 aromatic carbocycles. The molecule has 0 heterocycles. The van der Waals surface area contributed by atoms with E-state index in [2.05, 4.69) is 75.3 Å². The molecule has 0 aromatic heterocycles. The minimum atomic E-state index is 0.214. The Morgan fingerprint density at radius 3 is 1.68 bits per heavy atom. The van der Waals surface area contributed by atoms with Gasteiger partial charge >= 0.3 is 0 Å². The van der Waals surface area contributed by atoms with Gasteiger partial charge in [0.25, 0.3) is 0 Å². The molecule has 0 aromatic rings. The fourth-order valence-corrected chi connectivity index (χ4v) is 7.04. The van der Waals surface area contributed by atoms with Crippen LogP contribution in [-0.4, -0.2) is 5.78 Å². The lowest BCUT2D eigenvalue weighted by Gasteiger charge is -2.34. The van der Waals surface area contributed by atoms with Crippen LogP contribution in [0.1, 0.15) is 191 Å². The second kappa shape index (κ2) is 21.0. The summed E-state index contributed by atoms with van der Waals surface area (Å²) in [5.41, 5.74) is 4.35. The van der Waals surface area contributed by atoms with Gasteiger partial charge in [-0.05, 0) is 99.4 Å². The average molecular weight is 571 g/mol. The average Bonchev–Trinajstić information content (AvgIpc) is 2.88. The zero-order valence-electron chi connectivity index (χ0n) is 29.8. The third-order valence-electron chi connectivity index (χ3n) is 10.5. The molecule has 0 amide bonds. The van der Waals surface area contributed by atoms with Crippen molar-refractivity contribution in [3.8, 4) is 0 Å². The topological polar surface area (TPSA) is 17.1 Å². The van der Waals surface area contributed by atoms with Crippen LogP contribution < -0.4 is 0 Å². The number of Topliss-reactive ketones (excluding diaryl/α,β-unsaturated/α-hetero) is 1. The minimum absolute atomic E-state index is 0.214. The molecule has 1 nitrogen and oxygen atoms in total. The Hall–Kier alpha value is -0.850. The maximum atomic E-state index is 12.2. The summed E-state index contributed by atoms with van der Waals surface area (Å²) >= 11 is 0. The summed E-state index contributed by atoms with van der Waals surface area (Å²) in [6, 6.07) is 0. The second-order valence-corrected chi connectivity index (χ2v) is 15.9. The van der Waals surface area contributed by atoms with Crippen LogP contribution in [0.2, 0.25) is 0 Å². The quantitative estimate of drug-likeness (QED) is 0.0881. The molecular weight excluding hydrogens is 496 g/mol. The molecule has 0 aliphatic heterocycles. The normalized spacial score (nSPS) is 19.1. The molecule has 0 spiro atoms. The Bertz CT molecular complexity index is 766. The van der Waals surface area contributed by atoms with E-state index in [-0.39, 0.29) is 5.41 Å². The Morgan fingerprint density at radius 2 is 1.17 bits per heavy atom. The molecule has 0 fully saturated rings. The van der Waals surface area contributed by atoms with Gasteiger partial charge < -0.3 is 0 Å². The molecule has 1 rings (SSSR count). The van der Waals surface area contributed by atoms with E-state index in [9.17, 15) is 4.79 Å². The van der Waals surface area contributed by atoms with Gasteiger partial charge in [0.1, 0.15) is 0 Å². The molecule has 0 saturated carbocycles. The number of rotatable bonds is 23. The largest absolute Gasteiger partial charge is 0.295 e. The number of hydrogen-bond donors (Lipinski definition) is 0. The van der Waals surface area contributed by atoms with Gasteiger partial charge in [-0.3, -0.25) is 4.79 Å². The summed E-state index contributed by atoms with van der Waals surface area (Å²) in [4.78, 5) is 12.2. The van der Waals surface area contributed by atoms with E-state index in [1.807, 2.05) is 0 Å². The highest BCUT2D eigenvalue weighted by molar-refractivity contribution is 5.96. The van der Waals surface area contributed by atoms with Crippen molar-refractivity contribution in [2.24, 2.45) is 35.0 Å². The summed E-state index contributed by atoms with van der Waals surface area (Å²) in [5, 5.41) is 0. The smallest absolute Gasteiger partial charge is 0.158 e. The van der Waals surface area contributed by atoms with Crippen molar-refractivity contribution in [3.63, 3.8) is 0 Å². The fraction of sp³-hybridized carbons (Fsp3) is 0.875. The van der Waals surface area contributed by atoms with Crippen LogP contribution in [-0.2, 0) is 4.79 Å². The van der Waals surface area contributed by atoms with Crippen molar-refractivity contribution >= 4 is 5.78 Å². The van der Waals surface area contributed by atoms with Gasteiger partial charge in [0.05, 0.1) is 0 Å². The maximum Gasteiger partial charge on any atom is 0.158 e. The van der Waals surface area contributed by atoms with Crippen LogP contribution in [0.5, 0.6) is 0 Å². The molecule has 1 aliphatic rings. The molecule has 1 aliphatic carbocycles. The molecule has 0 bridgehead atoms. The van der Waals surface area contributed by atoms with Gasteiger partial charge in [-0.25, -0.2) is 0 Å². The number of hydrogen-bond acceptors (Lipinski definition) is 1. The van der Waals surface area contributed by atoms with Crippen LogP contribution in [0.4, 0.5) is 0 Å². The van der Waals surface area contributed by atoms with Crippen LogP contribution in [0.3, 0.4) is 0 Å². The van der Waals surface area contributed by atoms with Crippen molar-refractivity contribution in [1.82, 2.24) is 0 Å². The van der Waals surface area contributed by atoms with Crippen molar-refractivity contribution in [2.45, 2.75) is 191 Å². The monoisotopic (exact) mass is 571 g/mol. The van der Waals surface area contributed by atoms with Gasteiger partial charge in [-0.2, -0.15) is 0 Å². The van der Waals surface area contributed by atoms with E-state index < -0.39 is 0 Å². The first-order valence-electron chi connectivity index (χ1n) is 18.2. The molecular formula is C40H74O. The highest BCUT2D eigenvalue weighted by Gasteiger charge is 2.31. The number of ketones is 1. The summed E-state index contributed by atoms with van der Waals surface area (Å²) in [6.45, 7) is 23.6. The van der Waals surface area contributed by atoms with Crippen LogP contribution in [0.25, 0.3) is 0 Å². The molecule has 1 heteroatoms. The predicted octanol–water partition coefficient (Wildman–Crippen LogP) is 13.5. The van der Waals surface area contributed by atoms with Gasteiger partial charge in [0, 0.05) is 6.42 Å². The second-order valence-electron chi connectivity index (χ2n) is 15.9. The summed E-state index contributed by atoms with van der Waals surface area (Å²) in [5.74, 6) is 4.63. The number of allylic oxidation sites excluding steroid dienone is 4. The van der Waals surface area contributed by atoms with E-state index >= 15 is 0 Å². The first-order valence-corrected chi connectivity index (χ1v) is 18.2. The predicted molar refractivity (Wildman–Crippen MR) is 184 cm³/mol. The number of carbonyl (C=O) groups excluding carboxylic acids is 1. The van der Waals surface area contributed by atoms with Gasteiger partial charge in [-0.15, -0.1) is 0 Å². The van der Waals surface area contributed by atoms with E-state index in [0.29, 0.717) is 5.78 Å². The van der Waals surface area contributed by atoms with E-state index in [1.165, 1.54) is 108 Å². The minimum Gasteiger partial charge on any atom is -0.295 e. The highest BCUT2D eigenvalue weighted by atomic mass is 16.1. The SMILES string of the molecule is CC1=C(CCC(C)CCCC(C)CCCCC(C)CCCC(C)CCC/C(C)=C\CCC(C)C)C(C)(C)CCC1=O. The third-order valence-corrected chi connectivity index (χ3v) is 10.5. The van der Waals surface area contributed by atoms with E-state index in [0.717, 1.165) is 54.4 Å².